The van der Waals surface area contributed by atoms with E-state index in [2.05, 4.69) is 0 Å². The van der Waals surface area contributed by atoms with Gasteiger partial charge in [0, 0.05) is 6.42 Å². The maximum absolute atomic E-state index is 11.5. The Morgan fingerprint density at radius 2 is 2.05 bits per heavy atom. The van der Waals surface area contributed by atoms with Gasteiger partial charge in [-0.25, -0.2) is 0 Å². The number of carbonyl (C=O) groups is 1. The van der Waals surface area contributed by atoms with Gasteiger partial charge in [-0.3, -0.25) is 4.79 Å². The zero-order valence-corrected chi connectivity index (χ0v) is 12.3. The fourth-order valence-electron chi connectivity index (χ4n) is 1.77. The van der Waals surface area contributed by atoms with E-state index < -0.39 is 6.10 Å². The van der Waals surface area contributed by atoms with E-state index in [-0.39, 0.29) is 12.4 Å². The van der Waals surface area contributed by atoms with Crippen molar-refractivity contribution >= 4 is 11.7 Å². The molecule has 112 valence electrons. The molecule has 0 aliphatic heterocycles. The van der Waals surface area contributed by atoms with Gasteiger partial charge in [-0.1, -0.05) is 20.8 Å². The van der Waals surface area contributed by atoms with Gasteiger partial charge in [-0.05, 0) is 25.0 Å². The molecule has 0 aliphatic carbocycles. The Labute approximate surface area is 119 Å². The summed E-state index contributed by atoms with van der Waals surface area (Å²) in [6.07, 6.45) is 0.768. The van der Waals surface area contributed by atoms with E-state index in [1.54, 1.807) is 19.1 Å². The second kappa shape index (κ2) is 7.75. The molecule has 0 bridgehead atoms. The normalized spacial score (nSPS) is 12.0. The quantitative estimate of drug-likeness (QED) is 0.456. The smallest absolute Gasteiger partial charge is 0.310 e. The summed E-state index contributed by atoms with van der Waals surface area (Å²) < 4.78 is 10.9. The van der Waals surface area contributed by atoms with Gasteiger partial charge in [-0.2, -0.15) is 0 Å². The second-order valence-electron chi connectivity index (χ2n) is 4.50. The number of anilines is 1. The molecule has 3 N–H and O–H groups in total. The Morgan fingerprint density at radius 1 is 1.35 bits per heavy atom. The Hall–Kier alpha value is -1.75. The molecule has 0 aromatic heterocycles. The van der Waals surface area contributed by atoms with Crippen LogP contribution in [0.15, 0.2) is 12.1 Å². The van der Waals surface area contributed by atoms with Gasteiger partial charge in [0.25, 0.3) is 0 Å². The van der Waals surface area contributed by atoms with Crippen molar-refractivity contribution in [2.45, 2.75) is 46.1 Å². The van der Waals surface area contributed by atoms with Gasteiger partial charge < -0.3 is 20.3 Å². The van der Waals surface area contributed by atoms with Crippen LogP contribution in [-0.2, 0) is 4.79 Å². The summed E-state index contributed by atoms with van der Waals surface area (Å²) in [6, 6.07) is 3.21. The number of nitrogens with two attached hydrogens (primary N) is 1. The van der Waals surface area contributed by atoms with Crippen molar-refractivity contribution in [3.63, 3.8) is 0 Å². The average molecular weight is 281 g/mol. The summed E-state index contributed by atoms with van der Waals surface area (Å²) in [5, 5.41) is 10.2. The van der Waals surface area contributed by atoms with Crippen LogP contribution in [0.3, 0.4) is 0 Å². The molecule has 1 unspecified atom stereocenters. The molecule has 5 heteroatoms. The van der Waals surface area contributed by atoms with Crippen LogP contribution in [0.2, 0.25) is 0 Å². The summed E-state index contributed by atoms with van der Waals surface area (Å²) >= 11 is 0. The zero-order chi connectivity index (χ0) is 15.1. The lowest BCUT2D eigenvalue weighted by atomic mass is 10.0. The first-order chi connectivity index (χ1) is 9.54. The molecule has 0 heterocycles. The van der Waals surface area contributed by atoms with Gasteiger partial charge >= 0.3 is 5.97 Å². The Kier molecular flexibility index (Phi) is 6.31. The van der Waals surface area contributed by atoms with Crippen molar-refractivity contribution in [2.75, 3.05) is 12.3 Å². The highest BCUT2D eigenvalue weighted by atomic mass is 16.5. The highest BCUT2D eigenvalue weighted by Gasteiger charge is 2.22. The first-order valence-electron chi connectivity index (χ1n) is 6.98. The number of hydrogen-bond donors (Lipinski definition) is 2. The minimum absolute atomic E-state index is 0.261. The van der Waals surface area contributed by atoms with Gasteiger partial charge in [0.05, 0.1) is 24.0 Å². The summed E-state index contributed by atoms with van der Waals surface area (Å²) in [6.45, 7) is 6.01. The van der Waals surface area contributed by atoms with E-state index in [4.69, 9.17) is 15.2 Å². The molecule has 0 amide bonds. The van der Waals surface area contributed by atoms with Gasteiger partial charge in [0.2, 0.25) is 0 Å². The third-order valence-corrected chi connectivity index (χ3v) is 2.87. The average Bonchev–Trinajstić information content (AvgIpc) is 2.46. The molecule has 5 nitrogen and oxygen atoms in total. The maximum Gasteiger partial charge on any atom is 0.310 e. The largest absolute Gasteiger partial charge is 0.491 e. The van der Waals surface area contributed by atoms with Crippen LogP contribution < -0.4 is 15.2 Å². The molecule has 20 heavy (non-hydrogen) atoms. The van der Waals surface area contributed by atoms with Crippen molar-refractivity contribution in [2.24, 2.45) is 0 Å². The molecule has 1 aromatic carbocycles. The van der Waals surface area contributed by atoms with Crippen molar-refractivity contribution in [3.8, 4) is 11.5 Å². The Balaban J connectivity index is 3.25. The molecule has 1 atom stereocenters. The van der Waals surface area contributed by atoms with Crippen molar-refractivity contribution in [3.05, 3.63) is 17.7 Å². The molecule has 1 rings (SSSR count). The van der Waals surface area contributed by atoms with Crippen LogP contribution in [0.1, 0.15) is 51.7 Å². The fraction of sp³-hybridized carbons (Fsp3) is 0.533. The first-order valence-corrected chi connectivity index (χ1v) is 6.98. The number of hydrogen-bond acceptors (Lipinski definition) is 5. The predicted octanol–water partition coefficient (Wildman–Crippen LogP) is 2.82. The number of benzene rings is 1. The van der Waals surface area contributed by atoms with E-state index in [1.807, 2.05) is 13.8 Å². The number of aliphatic hydroxyl groups is 1. The molecule has 0 fully saturated rings. The number of rotatable bonds is 7. The van der Waals surface area contributed by atoms with E-state index >= 15 is 0 Å². The molecular formula is C15H23NO4. The molecule has 1 aromatic rings. The van der Waals surface area contributed by atoms with Crippen LogP contribution in [0.25, 0.3) is 0 Å². The van der Waals surface area contributed by atoms with Crippen LogP contribution >= 0.6 is 0 Å². The van der Waals surface area contributed by atoms with Gasteiger partial charge in [-0.15, -0.1) is 0 Å². The summed E-state index contributed by atoms with van der Waals surface area (Å²) in [4.78, 5) is 11.5. The lowest BCUT2D eigenvalue weighted by molar-refractivity contribution is -0.134. The van der Waals surface area contributed by atoms with Gasteiger partial charge in [0.15, 0.2) is 5.75 Å². The maximum atomic E-state index is 11.5. The SMILES string of the molecule is CCCOc1c(N)ccc(OC(=O)CC)c1C(O)CC. The number of aliphatic hydroxyl groups excluding tert-OH is 1. The molecule has 0 saturated carbocycles. The molecule has 0 saturated heterocycles. The fourth-order valence-corrected chi connectivity index (χ4v) is 1.77. The third-order valence-electron chi connectivity index (χ3n) is 2.87. The van der Waals surface area contributed by atoms with Crippen LogP contribution in [-0.4, -0.2) is 17.7 Å². The summed E-state index contributed by atoms with van der Waals surface area (Å²) in [5.74, 6) is 0.356. The van der Waals surface area contributed by atoms with Crippen molar-refractivity contribution < 1.29 is 19.4 Å². The lowest BCUT2D eigenvalue weighted by Crippen LogP contribution is -2.12. The van der Waals surface area contributed by atoms with Crippen LogP contribution in [0.4, 0.5) is 5.69 Å². The standard InChI is InChI=1S/C15H23NO4/c1-4-9-19-15-10(16)7-8-12(20-13(18)6-3)14(15)11(17)5-2/h7-8,11,17H,4-6,9,16H2,1-3H3. The molecule has 0 radical (unpaired) electrons. The van der Waals surface area contributed by atoms with Gasteiger partial charge in [0.1, 0.15) is 5.75 Å². The lowest BCUT2D eigenvalue weighted by Gasteiger charge is -2.20. The first kappa shape index (κ1) is 16.3. The highest BCUT2D eigenvalue weighted by molar-refractivity contribution is 5.74. The molecule has 0 aliphatic rings. The zero-order valence-electron chi connectivity index (χ0n) is 12.3. The van der Waals surface area contributed by atoms with E-state index in [9.17, 15) is 9.90 Å². The Morgan fingerprint density at radius 3 is 2.60 bits per heavy atom. The minimum Gasteiger partial charge on any atom is -0.491 e. The third kappa shape index (κ3) is 3.87. The number of nitrogen functional groups attached to an aromatic ring is 1. The van der Waals surface area contributed by atoms with Crippen LogP contribution in [0.5, 0.6) is 11.5 Å². The van der Waals surface area contributed by atoms with E-state index in [0.717, 1.165) is 6.42 Å². The number of ether oxygens (including phenoxy) is 2. The Bertz CT molecular complexity index is 459. The summed E-state index contributed by atoms with van der Waals surface area (Å²) in [7, 11) is 0. The summed E-state index contributed by atoms with van der Waals surface area (Å²) in [5.41, 5.74) is 6.79. The molecule has 0 spiro atoms. The van der Waals surface area contributed by atoms with Crippen molar-refractivity contribution in [1.29, 1.82) is 0 Å². The van der Waals surface area contributed by atoms with Crippen LogP contribution in [0, 0.1) is 0 Å². The van der Waals surface area contributed by atoms with Crippen molar-refractivity contribution in [1.82, 2.24) is 0 Å². The predicted molar refractivity (Wildman–Crippen MR) is 77.8 cm³/mol. The van der Waals surface area contributed by atoms with E-state index in [0.29, 0.717) is 35.8 Å². The monoisotopic (exact) mass is 281 g/mol. The highest BCUT2D eigenvalue weighted by Crippen LogP contribution is 2.40. The number of carbonyl (C=O) groups excluding carboxylic acids is 1. The van der Waals surface area contributed by atoms with E-state index in [1.165, 1.54) is 0 Å². The number of esters is 1. The topological polar surface area (TPSA) is 81.8 Å². The molecular weight excluding hydrogens is 258 g/mol. The minimum atomic E-state index is -0.787. The second-order valence-corrected chi connectivity index (χ2v) is 4.50.